The van der Waals surface area contributed by atoms with E-state index in [0.29, 0.717) is 23.5 Å². The van der Waals surface area contributed by atoms with Gasteiger partial charge in [0.15, 0.2) is 6.61 Å². The van der Waals surface area contributed by atoms with Crippen LogP contribution in [0, 0.1) is 0 Å². The molecule has 0 radical (unpaired) electrons. The second-order valence-corrected chi connectivity index (χ2v) is 8.57. The van der Waals surface area contributed by atoms with Gasteiger partial charge in [-0.2, -0.15) is 0 Å². The van der Waals surface area contributed by atoms with Gasteiger partial charge >= 0.3 is 5.97 Å². The Morgan fingerprint density at radius 1 is 0.725 bits per heavy atom. The Balaban J connectivity index is 0.000000516. The highest BCUT2D eigenvalue weighted by Gasteiger charge is 2.01. The molecule has 0 unspecified atom stereocenters. The van der Waals surface area contributed by atoms with Crippen LogP contribution in [-0.2, 0) is 9.53 Å². The summed E-state index contributed by atoms with van der Waals surface area (Å²) in [7, 11) is 1.62. The van der Waals surface area contributed by atoms with Crippen LogP contribution in [0.1, 0.15) is 55.3 Å². The van der Waals surface area contributed by atoms with Gasteiger partial charge in [-0.3, -0.25) is 9.59 Å². The van der Waals surface area contributed by atoms with E-state index in [-0.39, 0.29) is 24.4 Å². The monoisotopic (exact) mass is 546 g/mol. The van der Waals surface area contributed by atoms with E-state index in [1.54, 1.807) is 62.5 Å². The second-order valence-electron chi connectivity index (χ2n) is 8.57. The molecule has 0 aromatic heterocycles. The van der Waals surface area contributed by atoms with Crippen LogP contribution in [-0.4, -0.2) is 38.0 Å². The Morgan fingerprint density at radius 3 is 1.50 bits per heavy atom. The van der Waals surface area contributed by atoms with Crippen molar-refractivity contribution in [1.82, 2.24) is 5.32 Å². The largest absolute Gasteiger partial charge is 0.482 e. The first kappa shape index (κ1) is 35.4. The molecule has 0 saturated heterocycles. The lowest BCUT2D eigenvalue weighted by molar-refractivity contribution is -0.145. The maximum atomic E-state index is 10.9. The molecule has 0 heterocycles. The number of ether oxygens (including phenoxy) is 2. The molecular weight excluding hydrogens is 504 g/mol. The normalized spacial score (nSPS) is 8.85. The third-order valence-electron chi connectivity index (χ3n) is 4.48. The van der Waals surface area contributed by atoms with Crippen LogP contribution in [0.2, 0.25) is 0 Å². The molecule has 0 aliphatic carbocycles. The van der Waals surface area contributed by atoms with Gasteiger partial charge in [-0.1, -0.05) is 77.9 Å². The quantitative estimate of drug-likeness (QED) is 0.264. The van der Waals surface area contributed by atoms with Gasteiger partial charge in [0.05, 0.1) is 6.61 Å². The fourth-order valence-corrected chi connectivity index (χ4v) is 2.53. The van der Waals surface area contributed by atoms with Gasteiger partial charge in [-0.25, -0.2) is 4.79 Å². The minimum atomic E-state index is -0.379. The van der Waals surface area contributed by atoms with Gasteiger partial charge in [0.1, 0.15) is 5.75 Å². The van der Waals surface area contributed by atoms with Crippen molar-refractivity contribution in [1.29, 1.82) is 0 Å². The van der Waals surface area contributed by atoms with E-state index < -0.39 is 0 Å². The summed E-state index contributed by atoms with van der Waals surface area (Å²) < 4.78 is 9.85. The van der Waals surface area contributed by atoms with Gasteiger partial charge in [0.2, 0.25) is 5.91 Å². The minimum absolute atomic E-state index is 0.0299. The number of rotatable bonds is 7. The van der Waals surface area contributed by atoms with Crippen LogP contribution < -0.4 is 15.8 Å². The molecule has 0 aliphatic rings. The number of esters is 1. The zero-order valence-electron chi connectivity index (χ0n) is 24.3. The lowest BCUT2D eigenvalue weighted by Crippen LogP contribution is -2.17. The molecule has 2 amide bonds. The van der Waals surface area contributed by atoms with E-state index in [1.165, 1.54) is 11.1 Å². The fourth-order valence-electron chi connectivity index (χ4n) is 2.53. The number of benzene rings is 3. The summed E-state index contributed by atoms with van der Waals surface area (Å²) >= 11 is 0. The number of primary amides is 1. The van der Waals surface area contributed by atoms with Crippen LogP contribution in [0.15, 0.2) is 114 Å². The zero-order chi connectivity index (χ0) is 30.2. The van der Waals surface area contributed by atoms with Crippen molar-refractivity contribution >= 4 is 17.8 Å². The molecule has 0 aliphatic heterocycles. The van der Waals surface area contributed by atoms with Crippen molar-refractivity contribution in [3.8, 4) is 5.75 Å². The summed E-state index contributed by atoms with van der Waals surface area (Å²) in [6.45, 7) is 10.5. The summed E-state index contributed by atoms with van der Waals surface area (Å²) in [4.78, 5) is 32.2. The van der Waals surface area contributed by atoms with Crippen molar-refractivity contribution in [3.05, 3.63) is 125 Å². The molecule has 7 nitrogen and oxygen atoms in total. The number of hydrogen-bond acceptors (Lipinski definition) is 5. The number of hydrogen-bond donors (Lipinski definition) is 2. The van der Waals surface area contributed by atoms with Crippen LogP contribution in [0.4, 0.5) is 0 Å². The Labute approximate surface area is 238 Å². The standard InChI is InChI=1S/C10H12O3.C8H9NO.C8H14.C7H7NO/c1-2-12-10(11)8-13-9-6-4-3-5-7-9;1-9-8(10)7-5-3-2-4-6-7;1-7(2)5-6-8(3)4;8-7(9)6-4-2-1-3-5-6/h3-7H,2,8H2,1H3;2-6H,1H3,(H,9,10);5-6H,1-4H3;1-5H,(H2,8,9). The maximum Gasteiger partial charge on any atom is 0.344 e. The van der Waals surface area contributed by atoms with Gasteiger partial charge in [-0.15, -0.1) is 0 Å². The molecule has 3 N–H and O–H groups in total. The number of nitrogens with two attached hydrogens (primary N) is 1. The highest BCUT2D eigenvalue weighted by molar-refractivity contribution is 5.93. The number of carbonyl (C=O) groups is 3. The van der Waals surface area contributed by atoms with Crippen molar-refractivity contribution in [2.45, 2.75) is 34.6 Å². The maximum absolute atomic E-state index is 10.9. The van der Waals surface area contributed by atoms with Crippen molar-refractivity contribution in [2.75, 3.05) is 20.3 Å². The molecule has 0 bridgehead atoms. The molecule has 3 aromatic rings. The number of allylic oxidation sites excluding steroid dienone is 4. The molecule has 0 atom stereocenters. The first-order chi connectivity index (χ1) is 19.1. The number of amides is 2. The smallest absolute Gasteiger partial charge is 0.344 e. The molecular formula is C33H42N2O5. The Morgan fingerprint density at radius 2 is 1.15 bits per heavy atom. The zero-order valence-corrected chi connectivity index (χ0v) is 24.3. The number of para-hydroxylation sites is 1. The summed E-state index contributed by atoms with van der Waals surface area (Å²) in [5, 5.41) is 2.54. The van der Waals surface area contributed by atoms with E-state index in [4.69, 9.17) is 15.2 Å². The summed E-state index contributed by atoms with van der Waals surface area (Å²) in [6.07, 6.45) is 4.24. The Bertz CT molecular complexity index is 1150. The average Bonchev–Trinajstić information content (AvgIpc) is 2.97. The Kier molecular flexibility index (Phi) is 19.7. The SMILES string of the molecule is CC(C)=CC=C(C)C.CCOC(=O)COc1ccccc1.CNC(=O)c1ccccc1.NC(=O)c1ccccc1. The van der Waals surface area contributed by atoms with E-state index >= 15 is 0 Å². The first-order valence-corrected chi connectivity index (χ1v) is 12.8. The fraction of sp³-hybridized carbons (Fsp3) is 0.242. The molecule has 3 rings (SSSR count). The third-order valence-corrected chi connectivity index (χ3v) is 4.48. The van der Waals surface area contributed by atoms with Crippen molar-refractivity contribution < 1.29 is 23.9 Å². The predicted octanol–water partition coefficient (Wildman–Crippen LogP) is 6.38. The summed E-state index contributed by atoms with van der Waals surface area (Å²) in [5.74, 6) is -0.0851. The van der Waals surface area contributed by atoms with Gasteiger partial charge in [-0.05, 0) is 71.0 Å². The lowest BCUT2D eigenvalue weighted by atomic mass is 10.2. The third kappa shape index (κ3) is 19.5. The molecule has 3 aromatic carbocycles. The molecule has 0 fully saturated rings. The highest BCUT2D eigenvalue weighted by Crippen LogP contribution is 2.07. The van der Waals surface area contributed by atoms with E-state index in [1.807, 2.05) is 42.5 Å². The van der Waals surface area contributed by atoms with Crippen LogP contribution in [0.5, 0.6) is 5.75 Å². The summed E-state index contributed by atoms with van der Waals surface area (Å²) in [5.41, 5.74) is 8.93. The first-order valence-electron chi connectivity index (χ1n) is 12.8. The molecule has 214 valence electrons. The second kappa shape index (κ2) is 22.3. The average molecular weight is 547 g/mol. The van der Waals surface area contributed by atoms with Gasteiger partial charge in [0.25, 0.3) is 5.91 Å². The van der Waals surface area contributed by atoms with Crippen molar-refractivity contribution in [3.63, 3.8) is 0 Å². The minimum Gasteiger partial charge on any atom is -0.482 e. The van der Waals surface area contributed by atoms with Gasteiger partial charge < -0.3 is 20.5 Å². The van der Waals surface area contributed by atoms with E-state index in [2.05, 4.69) is 45.2 Å². The number of carbonyl (C=O) groups excluding carboxylic acids is 3. The topological polar surface area (TPSA) is 108 Å². The lowest BCUT2D eigenvalue weighted by Gasteiger charge is -2.04. The molecule has 0 saturated carbocycles. The van der Waals surface area contributed by atoms with E-state index in [9.17, 15) is 14.4 Å². The molecule has 40 heavy (non-hydrogen) atoms. The van der Waals surface area contributed by atoms with Crippen LogP contribution in [0.3, 0.4) is 0 Å². The predicted molar refractivity (Wildman–Crippen MR) is 162 cm³/mol. The number of nitrogens with one attached hydrogen (secondary N) is 1. The van der Waals surface area contributed by atoms with Crippen LogP contribution in [0.25, 0.3) is 0 Å². The highest BCUT2D eigenvalue weighted by atomic mass is 16.6. The van der Waals surface area contributed by atoms with Gasteiger partial charge in [0, 0.05) is 18.2 Å². The Hall–Kier alpha value is -4.65. The van der Waals surface area contributed by atoms with E-state index in [0.717, 1.165) is 0 Å². The van der Waals surface area contributed by atoms with Crippen molar-refractivity contribution in [2.24, 2.45) is 5.73 Å². The van der Waals surface area contributed by atoms with Crippen LogP contribution >= 0.6 is 0 Å². The molecule has 7 heteroatoms. The summed E-state index contributed by atoms with van der Waals surface area (Å²) in [6, 6.07) is 27.0. The molecule has 0 spiro atoms.